The fourth-order valence-corrected chi connectivity index (χ4v) is 2.62. The maximum absolute atomic E-state index is 5.68. The van der Waals surface area contributed by atoms with Crippen molar-refractivity contribution in [3.05, 3.63) is 15.1 Å². The van der Waals surface area contributed by atoms with Gasteiger partial charge in [-0.05, 0) is 41.9 Å². The van der Waals surface area contributed by atoms with Gasteiger partial charge in [0.05, 0.1) is 15.9 Å². The molecule has 0 spiro atoms. The largest absolute Gasteiger partial charge is 0.378 e. The van der Waals surface area contributed by atoms with Crippen LogP contribution in [-0.4, -0.2) is 30.2 Å². The van der Waals surface area contributed by atoms with Crippen LogP contribution in [0, 0.1) is 3.57 Å². The van der Waals surface area contributed by atoms with Crippen molar-refractivity contribution in [2.24, 2.45) is 0 Å². The number of nitrogens with zero attached hydrogens (tertiary/aromatic N) is 2. The third-order valence-electron chi connectivity index (χ3n) is 2.98. The minimum Gasteiger partial charge on any atom is -0.378 e. The van der Waals surface area contributed by atoms with Crippen molar-refractivity contribution < 1.29 is 9.47 Å². The maximum atomic E-state index is 5.68. The molecular formula is C13H20IN3O2. The molecule has 0 radical (unpaired) electrons. The Morgan fingerprint density at radius 3 is 2.95 bits per heavy atom. The van der Waals surface area contributed by atoms with Gasteiger partial charge in [0.15, 0.2) is 5.82 Å². The van der Waals surface area contributed by atoms with Gasteiger partial charge < -0.3 is 14.8 Å². The molecule has 6 heteroatoms. The van der Waals surface area contributed by atoms with Crippen molar-refractivity contribution in [3.63, 3.8) is 0 Å². The van der Waals surface area contributed by atoms with E-state index in [2.05, 4.69) is 44.8 Å². The molecule has 5 nitrogen and oxygen atoms in total. The normalized spacial score (nSPS) is 18.8. The predicted octanol–water partition coefficient (Wildman–Crippen LogP) is 2.90. The van der Waals surface area contributed by atoms with Crippen LogP contribution in [0.2, 0.25) is 0 Å². The maximum Gasteiger partial charge on any atom is 0.159 e. The van der Waals surface area contributed by atoms with E-state index in [-0.39, 0.29) is 6.10 Å². The van der Waals surface area contributed by atoms with E-state index in [9.17, 15) is 0 Å². The Bertz CT molecular complexity index is 423. The van der Waals surface area contributed by atoms with Gasteiger partial charge in [-0.2, -0.15) is 0 Å². The summed E-state index contributed by atoms with van der Waals surface area (Å²) in [4.78, 5) is 9.23. The number of hydrogen-bond donors (Lipinski definition) is 1. The number of rotatable bonds is 6. The molecule has 1 aliphatic rings. The van der Waals surface area contributed by atoms with Crippen LogP contribution >= 0.6 is 22.6 Å². The van der Waals surface area contributed by atoms with Crippen molar-refractivity contribution >= 4 is 28.4 Å². The minimum atomic E-state index is 0.0368. The third-order valence-corrected chi connectivity index (χ3v) is 4.11. The molecule has 106 valence electrons. The molecule has 1 atom stereocenters. The van der Waals surface area contributed by atoms with Crippen LogP contribution in [0.4, 0.5) is 5.82 Å². The summed E-state index contributed by atoms with van der Waals surface area (Å²) in [6.45, 7) is 4.35. The monoisotopic (exact) mass is 377 g/mol. The van der Waals surface area contributed by atoms with Crippen LogP contribution in [-0.2, 0) is 16.1 Å². The van der Waals surface area contributed by atoms with Gasteiger partial charge in [-0.3, -0.25) is 0 Å². The predicted molar refractivity (Wildman–Crippen MR) is 82.2 cm³/mol. The second kappa shape index (κ2) is 7.35. The second-order valence-corrected chi connectivity index (χ2v) is 5.63. The molecule has 19 heavy (non-hydrogen) atoms. The summed E-state index contributed by atoms with van der Waals surface area (Å²) in [6.07, 6.45) is 3.18. The molecule has 1 aromatic heterocycles. The van der Waals surface area contributed by atoms with Gasteiger partial charge in [0.1, 0.15) is 11.9 Å². The van der Waals surface area contributed by atoms with Gasteiger partial charge in [0, 0.05) is 20.3 Å². The molecule has 0 amide bonds. The van der Waals surface area contributed by atoms with E-state index in [1.54, 1.807) is 7.11 Å². The molecule has 1 aliphatic heterocycles. The standard InChI is InChI=1S/C13H20IN3O2/c1-3-6-15-13-11(14)9(8-18-2)16-12(17-13)10-5-4-7-19-10/h10H,3-8H2,1-2H3,(H,15,16,17). The van der Waals surface area contributed by atoms with Gasteiger partial charge in [-0.25, -0.2) is 9.97 Å². The van der Waals surface area contributed by atoms with Crippen molar-refractivity contribution in [1.82, 2.24) is 9.97 Å². The molecule has 1 saturated heterocycles. The lowest BCUT2D eigenvalue weighted by Gasteiger charge is -2.15. The number of halogens is 1. The third kappa shape index (κ3) is 3.76. The Morgan fingerprint density at radius 1 is 1.47 bits per heavy atom. The first-order chi connectivity index (χ1) is 9.26. The smallest absolute Gasteiger partial charge is 0.159 e. The fourth-order valence-electron chi connectivity index (χ4n) is 2.03. The lowest BCUT2D eigenvalue weighted by molar-refractivity contribution is 0.104. The van der Waals surface area contributed by atoms with Crippen LogP contribution in [0.3, 0.4) is 0 Å². The number of anilines is 1. The summed E-state index contributed by atoms with van der Waals surface area (Å²) >= 11 is 2.28. The van der Waals surface area contributed by atoms with E-state index in [1.807, 2.05) is 0 Å². The highest BCUT2D eigenvalue weighted by molar-refractivity contribution is 14.1. The van der Waals surface area contributed by atoms with Crippen molar-refractivity contribution in [3.8, 4) is 0 Å². The second-order valence-electron chi connectivity index (χ2n) is 4.55. The first kappa shape index (κ1) is 14.9. The Labute approximate surface area is 127 Å². The van der Waals surface area contributed by atoms with Gasteiger partial charge >= 0.3 is 0 Å². The van der Waals surface area contributed by atoms with Crippen molar-refractivity contribution in [2.45, 2.75) is 38.9 Å². The fraction of sp³-hybridized carbons (Fsp3) is 0.692. The highest BCUT2D eigenvalue weighted by Crippen LogP contribution is 2.29. The van der Waals surface area contributed by atoms with E-state index in [0.717, 1.165) is 53.3 Å². The van der Waals surface area contributed by atoms with Gasteiger partial charge in [0.25, 0.3) is 0 Å². The van der Waals surface area contributed by atoms with Gasteiger partial charge in [-0.1, -0.05) is 6.92 Å². The van der Waals surface area contributed by atoms with Crippen LogP contribution in [0.25, 0.3) is 0 Å². The van der Waals surface area contributed by atoms with Crippen molar-refractivity contribution in [1.29, 1.82) is 0 Å². The summed E-state index contributed by atoms with van der Waals surface area (Å²) in [5, 5.41) is 3.36. The average Bonchev–Trinajstić information content (AvgIpc) is 2.94. The van der Waals surface area contributed by atoms with E-state index in [4.69, 9.17) is 9.47 Å². The number of hydrogen-bond acceptors (Lipinski definition) is 5. The van der Waals surface area contributed by atoms with E-state index < -0.39 is 0 Å². The molecule has 2 rings (SSSR count). The number of methoxy groups -OCH3 is 1. The van der Waals surface area contributed by atoms with E-state index in [0.29, 0.717) is 6.61 Å². The summed E-state index contributed by atoms with van der Waals surface area (Å²) in [6, 6.07) is 0. The quantitative estimate of drug-likeness (QED) is 0.773. The van der Waals surface area contributed by atoms with Gasteiger partial charge in [0.2, 0.25) is 0 Å². The Balaban J connectivity index is 2.29. The zero-order chi connectivity index (χ0) is 13.7. The number of ether oxygens (including phenoxy) is 2. The Hall–Kier alpha value is -0.470. The zero-order valence-electron chi connectivity index (χ0n) is 11.4. The highest BCUT2D eigenvalue weighted by atomic mass is 127. The number of aromatic nitrogens is 2. The van der Waals surface area contributed by atoms with Crippen molar-refractivity contribution in [2.75, 3.05) is 25.6 Å². The zero-order valence-corrected chi connectivity index (χ0v) is 13.6. The molecule has 1 fully saturated rings. The SMILES string of the molecule is CCCNc1nc(C2CCCO2)nc(COC)c1I. The molecule has 0 aliphatic carbocycles. The van der Waals surface area contributed by atoms with Crippen LogP contribution in [0.1, 0.15) is 43.8 Å². The molecule has 2 heterocycles. The molecule has 1 N–H and O–H groups in total. The molecule has 0 aromatic carbocycles. The number of nitrogens with one attached hydrogen (secondary N) is 1. The van der Waals surface area contributed by atoms with Crippen LogP contribution in [0.15, 0.2) is 0 Å². The Kier molecular flexibility index (Phi) is 5.77. The lowest BCUT2D eigenvalue weighted by Crippen LogP contribution is -2.13. The summed E-state index contributed by atoms with van der Waals surface area (Å²) in [5.74, 6) is 1.68. The average molecular weight is 377 g/mol. The first-order valence-corrected chi connectivity index (χ1v) is 7.74. The summed E-state index contributed by atoms with van der Waals surface area (Å²) in [7, 11) is 1.68. The molecule has 0 saturated carbocycles. The van der Waals surface area contributed by atoms with Gasteiger partial charge in [-0.15, -0.1) is 0 Å². The molecular weight excluding hydrogens is 357 g/mol. The van der Waals surface area contributed by atoms with E-state index >= 15 is 0 Å². The minimum absolute atomic E-state index is 0.0368. The summed E-state index contributed by atoms with van der Waals surface area (Å²) < 4.78 is 11.9. The topological polar surface area (TPSA) is 56.3 Å². The molecule has 1 unspecified atom stereocenters. The van der Waals surface area contributed by atoms with E-state index in [1.165, 1.54) is 0 Å². The first-order valence-electron chi connectivity index (χ1n) is 6.67. The molecule has 0 bridgehead atoms. The highest BCUT2D eigenvalue weighted by Gasteiger charge is 2.23. The van der Waals surface area contributed by atoms with Crippen LogP contribution in [0.5, 0.6) is 0 Å². The summed E-state index contributed by atoms with van der Waals surface area (Å²) in [5.41, 5.74) is 0.933. The van der Waals surface area contributed by atoms with Crippen LogP contribution < -0.4 is 5.32 Å². The lowest BCUT2D eigenvalue weighted by atomic mass is 10.2. The Morgan fingerprint density at radius 2 is 2.32 bits per heavy atom. The molecule has 1 aromatic rings.